The number of carbonyl (C=O) groups excluding carboxylic acids is 1. The highest BCUT2D eigenvalue weighted by atomic mass is 35.5. The topological polar surface area (TPSA) is 41.6 Å². The Morgan fingerprint density at radius 1 is 1.26 bits per heavy atom. The summed E-state index contributed by atoms with van der Waals surface area (Å²) in [7, 11) is 0. The smallest absolute Gasteiger partial charge is 0.227 e. The van der Waals surface area contributed by atoms with Crippen LogP contribution in [0.4, 0.5) is 0 Å². The molecule has 1 aromatic rings. The lowest BCUT2D eigenvalue weighted by atomic mass is 10.1. The third-order valence-electron chi connectivity index (χ3n) is 4.55. The van der Waals surface area contributed by atoms with Crippen molar-refractivity contribution >= 4 is 18.3 Å². The molecule has 23 heavy (non-hydrogen) atoms. The standard InChI is InChI=1S/C18H26N2O2.ClH/c1-13(2)22-17-6-4-3-5-14(17)11-18(21)20-10-9-15-7-8-16(12-20)19-15;/h3-6,13,15-16,19H,7-12H2,1-2H3;1H. The van der Waals surface area contributed by atoms with Crippen LogP contribution in [-0.4, -0.2) is 42.1 Å². The Bertz CT molecular complexity index is 536. The molecular formula is C18H27ClN2O2. The van der Waals surface area contributed by atoms with Gasteiger partial charge >= 0.3 is 0 Å². The Hall–Kier alpha value is -1.26. The molecule has 2 heterocycles. The predicted octanol–water partition coefficient (Wildman–Crippen LogP) is 2.79. The van der Waals surface area contributed by atoms with E-state index in [-0.39, 0.29) is 24.4 Å². The Morgan fingerprint density at radius 3 is 2.78 bits per heavy atom. The average molecular weight is 339 g/mol. The van der Waals surface area contributed by atoms with Crippen LogP contribution in [0.5, 0.6) is 5.75 Å². The van der Waals surface area contributed by atoms with Crippen LogP contribution in [0.15, 0.2) is 24.3 Å². The summed E-state index contributed by atoms with van der Waals surface area (Å²) in [4.78, 5) is 14.7. The lowest BCUT2D eigenvalue weighted by Crippen LogP contribution is -2.39. The fraction of sp³-hybridized carbons (Fsp3) is 0.611. The van der Waals surface area contributed by atoms with E-state index in [1.807, 2.05) is 43.0 Å². The average Bonchev–Trinajstić information content (AvgIpc) is 2.79. The molecule has 1 N–H and O–H groups in total. The largest absolute Gasteiger partial charge is 0.491 e. The van der Waals surface area contributed by atoms with Gasteiger partial charge < -0.3 is 15.0 Å². The Morgan fingerprint density at radius 2 is 2.00 bits per heavy atom. The van der Waals surface area contributed by atoms with Gasteiger partial charge in [0.15, 0.2) is 0 Å². The van der Waals surface area contributed by atoms with E-state index in [1.54, 1.807) is 0 Å². The highest BCUT2D eigenvalue weighted by Crippen LogP contribution is 2.23. The maximum Gasteiger partial charge on any atom is 0.227 e. The Balaban J connectivity index is 0.00000192. The number of hydrogen-bond donors (Lipinski definition) is 1. The molecule has 2 unspecified atom stereocenters. The van der Waals surface area contributed by atoms with E-state index >= 15 is 0 Å². The second-order valence-corrected chi connectivity index (χ2v) is 6.72. The van der Waals surface area contributed by atoms with Crippen molar-refractivity contribution in [2.24, 2.45) is 0 Å². The maximum absolute atomic E-state index is 12.7. The van der Waals surface area contributed by atoms with Crippen LogP contribution in [0.3, 0.4) is 0 Å². The van der Waals surface area contributed by atoms with Crippen LogP contribution < -0.4 is 10.1 Å². The van der Waals surface area contributed by atoms with Gasteiger partial charge in [0.2, 0.25) is 5.91 Å². The summed E-state index contributed by atoms with van der Waals surface area (Å²) in [6.07, 6.45) is 4.08. The van der Waals surface area contributed by atoms with Crippen molar-refractivity contribution in [2.75, 3.05) is 13.1 Å². The third-order valence-corrected chi connectivity index (χ3v) is 4.55. The number of rotatable bonds is 4. The van der Waals surface area contributed by atoms with Crippen molar-refractivity contribution in [2.45, 2.75) is 57.7 Å². The van der Waals surface area contributed by atoms with Gasteiger partial charge in [0.05, 0.1) is 12.5 Å². The van der Waals surface area contributed by atoms with Crippen molar-refractivity contribution in [1.82, 2.24) is 10.2 Å². The van der Waals surface area contributed by atoms with Gasteiger partial charge in [0.1, 0.15) is 5.75 Å². The second kappa shape index (κ2) is 8.02. The van der Waals surface area contributed by atoms with Gasteiger partial charge in [-0.2, -0.15) is 0 Å². The first-order valence-corrected chi connectivity index (χ1v) is 8.40. The minimum Gasteiger partial charge on any atom is -0.491 e. The van der Waals surface area contributed by atoms with E-state index in [4.69, 9.17) is 4.74 Å². The lowest BCUT2D eigenvalue weighted by Gasteiger charge is -2.25. The van der Waals surface area contributed by atoms with Gasteiger partial charge in [-0.1, -0.05) is 18.2 Å². The molecule has 0 spiro atoms. The minimum atomic E-state index is 0. The molecule has 0 radical (unpaired) electrons. The SMILES string of the molecule is CC(C)Oc1ccccc1CC(=O)N1CCC2CCC(C1)N2.Cl. The number of para-hydroxylation sites is 1. The molecule has 0 aromatic heterocycles. The first kappa shape index (κ1) is 18.1. The van der Waals surface area contributed by atoms with Crippen molar-refractivity contribution < 1.29 is 9.53 Å². The molecule has 2 aliphatic rings. The fourth-order valence-corrected chi connectivity index (χ4v) is 3.46. The lowest BCUT2D eigenvalue weighted by molar-refractivity contribution is -0.130. The normalized spacial score (nSPS) is 23.3. The van der Waals surface area contributed by atoms with Crippen LogP contribution >= 0.6 is 12.4 Å². The van der Waals surface area contributed by atoms with E-state index in [9.17, 15) is 4.79 Å². The number of amides is 1. The highest BCUT2D eigenvalue weighted by Gasteiger charge is 2.31. The molecule has 0 saturated carbocycles. The number of likely N-dealkylation sites (tertiary alicyclic amines) is 1. The van der Waals surface area contributed by atoms with Crippen LogP contribution in [0.25, 0.3) is 0 Å². The van der Waals surface area contributed by atoms with E-state index in [0.717, 1.165) is 30.8 Å². The molecule has 2 bridgehead atoms. The zero-order valence-corrected chi connectivity index (χ0v) is 14.8. The van der Waals surface area contributed by atoms with Gasteiger partial charge in [-0.25, -0.2) is 0 Å². The number of benzene rings is 1. The number of fused-ring (bicyclic) bond motifs is 2. The summed E-state index contributed by atoms with van der Waals surface area (Å²) < 4.78 is 5.82. The number of hydrogen-bond acceptors (Lipinski definition) is 3. The van der Waals surface area contributed by atoms with Crippen molar-refractivity contribution in [1.29, 1.82) is 0 Å². The van der Waals surface area contributed by atoms with Crippen LogP contribution in [0.1, 0.15) is 38.7 Å². The quantitative estimate of drug-likeness (QED) is 0.917. The third kappa shape index (κ3) is 4.61. The van der Waals surface area contributed by atoms with Gasteiger partial charge in [0.25, 0.3) is 0 Å². The molecule has 2 aliphatic heterocycles. The predicted molar refractivity (Wildman–Crippen MR) is 94.3 cm³/mol. The second-order valence-electron chi connectivity index (χ2n) is 6.72. The molecular weight excluding hydrogens is 312 g/mol. The summed E-state index contributed by atoms with van der Waals surface area (Å²) in [6.45, 7) is 5.74. The Kier molecular flexibility index (Phi) is 6.31. The zero-order valence-electron chi connectivity index (χ0n) is 14.0. The van der Waals surface area contributed by atoms with Crippen molar-refractivity contribution in [3.63, 3.8) is 0 Å². The summed E-state index contributed by atoms with van der Waals surface area (Å²) in [6, 6.07) is 8.98. The van der Waals surface area contributed by atoms with Crippen LogP contribution in [-0.2, 0) is 11.2 Å². The van der Waals surface area contributed by atoms with Crippen LogP contribution in [0, 0.1) is 0 Å². The van der Waals surface area contributed by atoms with Gasteiger partial charge in [-0.05, 0) is 39.2 Å². The van der Waals surface area contributed by atoms with Gasteiger partial charge in [-0.3, -0.25) is 4.79 Å². The molecule has 1 aromatic carbocycles. The monoisotopic (exact) mass is 338 g/mol. The van der Waals surface area contributed by atoms with E-state index in [0.29, 0.717) is 18.5 Å². The molecule has 2 saturated heterocycles. The molecule has 3 rings (SSSR count). The van der Waals surface area contributed by atoms with Crippen LogP contribution in [0.2, 0.25) is 0 Å². The zero-order chi connectivity index (χ0) is 15.5. The summed E-state index contributed by atoms with van der Waals surface area (Å²) in [5.41, 5.74) is 0.989. The van der Waals surface area contributed by atoms with Gasteiger partial charge in [-0.15, -0.1) is 12.4 Å². The minimum absolute atomic E-state index is 0. The summed E-state index contributed by atoms with van der Waals surface area (Å²) >= 11 is 0. The molecule has 1 amide bonds. The molecule has 4 nitrogen and oxygen atoms in total. The number of halogens is 1. The van der Waals surface area contributed by atoms with Gasteiger partial charge in [0, 0.05) is 30.7 Å². The molecule has 5 heteroatoms. The summed E-state index contributed by atoms with van der Waals surface area (Å²) in [5.74, 6) is 1.05. The maximum atomic E-state index is 12.7. The fourth-order valence-electron chi connectivity index (χ4n) is 3.46. The van der Waals surface area contributed by atoms with E-state index in [2.05, 4.69) is 5.32 Å². The molecule has 2 fully saturated rings. The van der Waals surface area contributed by atoms with Crippen molar-refractivity contribution in [3.8, 4) is 5.75 Å². The summed E-state index contributed by atoms with van der Waals surface area (Å²) in [5, 5.41) is 3.62. The Labute approximate surface area is 145 Å². The highest BCUT2D eigenvalue weighted by molar-refractivity contribution is 5.85. The number of nitrogens with zero attached hydrogens (tertiary/aromatic N) is 1. The first-order chi connectivity index (χ1) is 10.6. The number of carbonyl (C=O) groups is 1. The van der Waals surface area contributed by atoms with E-state index in [1.165, 1.54) is 12.8 Å². The van der Waals surface area contributed by atoms with Crippen molar-refractivity contribution in [3.05, 3.63) is 29.8 Å². The molecule has 128 valence electrons. The van der Waals surface area contributed by atoms with E-state index < -0.39 is 0 Å². The first-order valence-electron chi connectivity index (χ1n) is 8.40. The molecule has 2 atom stereocenters. The molecule has 0 aliphatic carbocycles. The number of ether oxygens (including phenoxy) is 1. The number of nitrogens with one attached hydrogen (secondary N) is 1.